The van der Waals surface area contributed by atoms with Crippen LogP contribution in [0.2, 0.25) is 0 Å². The molecule has 0 saturated carbocycles. The summed E-state index contributed by atoms with van der Waals surface area (Å²) in [4.78, 5) is 4.18. The highest BCUT2D eigenvalue weighted by molar-refractivity contribution is 6.35. The molecule has 91 heavy (non-hydrogen) atoms. The van der Waals surface area contributed by atoms with Crippen LogP contribution in [0.1, 0.15) is 44.5 Å². The average molecular weight is 1190 g/mol. The van der Waals surface area contributed by atoms with E-state index in [2.05, 4.69) is 149 Å². The maximum absolute atomic E-state index is 14.7. The highest BCUT2D eigenvalue weighted by Gasteiger charge is 2.56. The van der Waals surface area contributed by atoms with Crippen LogP contribution in [0.5, 0.6) is 0 Å². The number of nitrogens with zero attached hydrogens (tertiary/aromatic N) is 2. The Bertz CT molecular complexity index is 4810. The minimum atomic E-state index is -4.59. The van der Waals surface area contributed by atoms with Crippen molar-refractivity contribution in [2.75, 3.05) is 9.80 Å². The predicted molar refractivity (Wildman–Crippen MR) is 360 cm³/mol. The van der Waals surface area contributed by atoms with Gasteiger partial charge in [0.1, 0.15) is 0 Å². The first kappa shape index (κ1) is 56.3. The van der Waals surface area contributed by atoms with Gasteiger partial charge in [-0.2, -0.15) is 26.3 Å². The maximum Gasteiger partial charge on any atom is 0.416 e. The van der Waals surface area contributed by atoms with Gasteiger partial charge < -0.3 is 9.80 Å². The van der Waals surface area contributed by atoms with Crippen molar-refractivity contribution in [2.24, 2.45) is 0 Å². The first-order valence-corrected chi connectivity index (χ1v) is 30.1. The number of hydrogen-bond donors (Lipinski definition) is 0. The van der Waals surface area contributed by atoms with Crippen LogP contribution in [0, 0.1) is 0 Å². The third-order valence-corrected chi connectivity index (χ3v) is 17.7. The van der Waals surface area contributed by atoms with Gasteiger partial charge in [-0.05, 0) is 162 Å². The number of para-hydroxylation sites is 2. The summed E-state index contributed by atoms with van der Waals surface area (Å²) in [6.07, 6.45) is -9.18. The molecule has 0 atom stereocenters. The Morgan fingerprint density at radius 1 is 0.253 bits per heavy atom. The highest BCUT2D eigenvalue weighted by Crippen LogP contribution is 2.71. The van der Waals surface area contributed by atoms with E-state index in [9.17, 15) is 26.3 Å². The zero-order chi connectivity index (χ0) is 61.8. The summed E-state index contributed by atoms with van der Waals surface area (Å²) in [5, 5.41) is 1.75. The molecule has 0 unspecified atom stereocenters. The topological polar surface area (TPSA) is 6.48 Å². The third kappa shape index (κ3) is 9.70. The second-order valence-electron chi connectivity index (χ2n) is 22.8. The summed E-state index contributed by atoms with van der Waals surface area (Å²) in [5.41, 5.74) is 16.2. The van der Waals surface area contributed by atoms with Crippen LogP contribution in [0.25, 0.3) is 66.4 Å². The number of alkyl halides is 6. The second kappa shape index (κ2) is 22.7. The van der Waals surface area contributed by atoms with E-state index in [-0.39, 0.29) is 0 Å². The molecule has 0 aliphatic heterocycles. The molecule has 0 radical (unpaired) electrons. The van der Waals surface area contributed by atoms with Crippen LogP contribution < -0.4 is 9.80 Å². The van der Waals surface area contributed by atoms with E-state index in [1.165, 1.54) is 0 Å². The van der Waals surface area contributed by atoms with Gasteiger partial charge in [-0.1, -0.05) is 249 Å². The molecule has 13 aromatic carbocycles. The van der Waals surface area contributed by atoms with Gasteiger partial charge in [-0.3, -0.25) is 0 Å². The minimum Gasteiger partial charge on any atom is -0.310 e. The van der Waals surface area contributed by atoms with Crippen molar-refractivity contribution in [1.82, 2.24) is 0 Å². The second-order valence-corrected chi connectivity index (χ2v) is 22.8. The van der Waals surface area contributed by atoms with Crippen molar-refractivity contribution in [3.05, 3.63) is 372 Å². The molecule has 2 aliphatic carbocycles. The van der Waals surface area contributed by atoms with Crippen LogP contribution in [0.15, 0.2) is 328 Å². The average Bonchev–Trinajstić information content (AvgIpc) is 1.50. The van der Waals surface area contributed by atoms with Crippen molar-refractivity contribution < 1.29 is 26.3 Å². The predicted octanol–water partition coefficient (Wildman–Crippen LogP) is 23.7. The molecule has 0 aromatic heterocycles. The molecule has 0 saturated heterocycles. The molecule has 0 amide bonds. The summed E-state index contributed by atoms with van der Waals surface area (Å²) in [6, 6.07) is 106. The van der Waals surface area contributed by atoms with Crippen molar-refractivity contribution in [3.8, 4) is 33.4 Å². The largest absolute Gasteiger partial charge is 0.416 e. The lowest BCUT2D eigenvalue weighted by molar-refractivity contribution is -0.138. The van der Waals surface area contributed by atoms with Crippen LogP contribution in [-0.4, -0.2) is 0 Å². The normalized spacial score (nSPS) is 13.4. The molecule has 1 spiro atoms. The van der Waals surface area contributed by atoms with Crippen molar-refractivity contribution in [1.29, 1.82) is 0 Å². The molecule has 0 fully saturated rings. The molecule has 8 heteroatoms. The standard InChI is InChI=1S/C83H54F6N2/c84-82(85,86)61-43-47-63(48-44-61)90(73-41-23-21-37-66(73)55-25-7-1-8-26-55)65-51-52-70-71(53-65)81(79(59-33-15-5-16-34-59)76(57-29-11-3-12-30-57)77(58-31-13-4-14-32-58)80(81)60-35-17-6-18-36-60)72-54-75(68-39-19-20-40-69(68)78(70)72)91(64-49-45-62(46-50-64)83(87,88)89)74-42-24-22-38-67(74)56-27-9-2-10-28-56/h1-54H. The molecule has 15 rings (SSSR count). The Morgan fingerprint density at radius 3 is 1.04 bits per heavy atom. The minimum absolute atomic E-state index is 0.511. The van der Waals surface area contributed by atoms with E-state index in [0.717, 1.165) is 141 Å². The third-order valence-electron chi connectivity index (χ3n) is 17.7. The Morgan fingerprint density at radius 2 is 0.604 bits per heavy atom. The van der Waals surface area contributed by atoms with Crippen LogP contribution in [-0.2, 0) is 17.8 Å². The maximum atomic E-state index is 14.7. The van der Waals surface area contributed by atoms with E-state index in [1.807, 2.05) is 140 Å². The molecular formula is C83H54F6N2. The summed E-state index contributed by atoms with van der Waals surface area (Å²) in [6.45, 7) is 0. The van der Waals surface area contributed by atoms with Crippen molar-refractivity contribution >= 4 is 67.2 Å². The van der Waals surface area contributed by atoms with E-state index in [4.69, 9.17) is 0 Å². The van der Waals surface area contributed by atoms with Gasteiger partial charge >= 0.3 is 12.4 Å². The monoisotopic (exact) mass is 1190 g/mol. The number of anilines is 6. The lowest BCUT2D eigenvalue weighted by atomic mass is 9.65. The smallest absolute Gasteiger partial charge is 0.310 e. The summed E-state index contributed by atoms with van der Waals surface area (Å²) in [5.74, 6) is 0. The van der Waals surface area contributed by atoms with Crippen molar-refractivity contribution in [2.45, 2.75) is 17.8 Å². The Kier molecular flexibility index (Phi) is 14.1. The van der Waals surface area contributed by atoms with E-state index < -0.39 is 28.9 Å². The molecule has 2 nitrogen and oxygen atoms in total. The molecular weight excluding hydrogens is 1140 g/mol. The zero-order valence-corrected chi connectivity index (χ0v) is 48.8. The van der Waals surface area contributed by atoms with Gasteiger partial charge in [0.05, 0.1) is 33.6 Å². The first-order valence-electron chi connectivity index (χ1n) is 30.1. The zero-order valence-electron chi connectivity index (χ0n) is 48.8. The SMILES string of the molecule is FC(F)(F)c1ccc(N(c2ccc3c(c2)C2(C(c4ccccc4)=C(c4ccccc4)C(c4ccccc4)=C2c2ccccc2)c2cc(N(c4ccc(C(F)(F)F)cc4)c4ccccc4-c4ccccc4)c4ccccc4c2-3)c2ccccc2-c2ccccc2)cc1. The molecule has 2 aliphatic rings. The highest BCUT2D eigenvalue weighted by atomic mass is 19.4. The first-order chi connectivity index (χ1) is 44.5. The summed E-state index contributed by atoms with van der Waals surface area (Å²) < 4.78 is 88.1. The Hall–Kier alpha value is -11.2. The van der Waals surface area contributed by atoms with Gasteiger partial charge in [0.25, 0.3) is 0 Å². The Labute approximate surface area is 523 Å². The number of halogens is 6. The fraction of sp³-hybridized carbons (Fsp3) is 0.0361. The fourth-order valence-electron chi connectivity index (χ4n) is 14.0. The number of fused-ring (bicyclic) bond motifs is 7. The molecule has 0 heterocycles. The van der Waals surface area contributed by atoms with Crippen molar-refractivity contribution in [3.63, 3.8) is 0 Å². The van der Waals surface area contributed by atoms with Gasteiger partial charge in [0, 0.05) is 33.6 Å². The fourth-order valence-corrected chi connectivity index (χ4v) is 14.0. The summed E-state index contributed by atoms with van der Waals surface area (Å²) in [7, 11) is 0. The molecule has 0 N–H and O–H groups in total. The van der Waals surface area contributed by atoms with Crippen LogP contribution >= 0.6 is 0 Å². The lowest BCUT2D eigenvalue weighted by Gasteiger charge is -2.37. The Balaban J connectivity index is 1.14. The van der Waals surface area contributed by atoms with E-state index in [1.54, 1.807) is 24.3 Å². The van der Waals surface area contributed by atoms with Gasteiger partial charge in [-0.15, -0.1) is 0 Å². The number of allylic oxidation sites excluding steroid dienone is 4. The van der Waals surface area contributed by atoms with Crippen LogP contribution in [0.4, 0.5) is 60.5 Å². The van der Waals surface area contributed by atoms with E-state index in [0.29, 0.717) is 17.1 Å². The molecule has 13 aromatic rings. The van der Waals surface area contributed by atoms with Crippen LogP contribution in [0.3, 0.4) is 0 Å². The van der Waals surface area contributed by atoms with Gasteiger partial charge in [-0.25, -0.2) is 0 Å². The quantitative estimate of drug-likeness (QED) is 0.113. The number of hydrogen-bond acceptors (Lipinski definition) is 2. The summed E-state index contributed by atoms with van der Waals surface area (Å²) >= 11 is 0. The van der Waals surface area contributed by atoms with Gasteiger partial charge in [0.2, 0.25) is 0 Å². The number of benzene rings is 13. The lowest BCUT2D eigenvalue weighted by Crippen LogP contribution is -2.28. The van der Waals surface area contributed by atoms with Gasteiger partial charge in [0.15, 0.2) is 0 Å². The molecule has 0 bridgehead atoms. The molecule has 438 valence electrons. The number of rotatable bonds is 12. The van der Waals surface area contributed by atoms with E-state index >= 15 is 0 Å².